The molecule has 4 heteroatoms. The van der Waals surface area contributed by atoms with Gasteiger partial charge < -0.3 is 9.88 Å². The first-order chi connectivity index (χ1) is 8.19. The molecule has 0 unspecified atom stereocenters. The number of benzene rings is 1. The van der Waals surface area contributed by atoms with Crippen LogP contribution in [0.5, 0.6) is 0 Å². The fraction of sp³-hybridized carbons (Fsp3) is 0.231. The van der Waals surface area contributed by atoms with Gasteiger partial charge >= 0.3 is 0 Å². The van der Waals surface area contributed by atoms with Gasteiger partial charge in [0.1, 0.15) is 0 Å². The maximum absolute atomic E-state index is 5.95. The molecule has 0 bridgehead atoms. The first kappa shape index (κ1) is 12.3. The molecule has 90 valence electrons. The van der Waals surface area contributed by atoms with Crippen molar-refractivity contribution in [3.05, 3.63) is 52.3 Å². The smallest absolute Gasteiger partial charge is 0.0612 e. The van der Waals surface area contributed by atoms with Crippen molar-refractivity contribution in [2.24, 2.45) is 0 Å². The molecule has 2 nitrogen and oxygen atoms in total. The van der Waals surface area contributed by atoms with Crippen LogP contribution in [0, 0.1) is 0 Å². The van der Waals surface area contributed by atoms with Crippen LogP contribution in [0.4, 0.5) is 5.69 Å². The minimum Gasteiger partial charge on any atom is -0.381 e. The van der Waals surface area contributed by atoms with Gasteiger partial charge in [0.2, 0.25) is 0 Å². The van der Waals surface area contributed by atoms with Crippen LogP contribution in [0.1, 0.15) is 12.5 Å². The minimum atomic E-state index is 0.572. The first-order valence-electron chi connectivity index (χ1n) is 5.52. The average Bonchev–Trinajstić information content (AvgIpc) is 2.79. The van der Waals surface area contributed by atoms with Gasteiger partial charge in [-0.3, -0.25) is 0 Å². The molecule has 0 radical (unpaired) electrons. The molecule has 0 aliphatic heterocycles. The summed E-state index contributed by atoms with van der Waals surface area (Å²) in [6, 6.07) is 7.66. The van der Waals surface area contributed by atoms with Crippen molar-refractivity contribution >= 4 is 28.9 Å². The third-order valence-electron chi connectivity index (χ3n) is 2.59. The van der Waals surface area contributed by atoms with Crippen molar-refractivity contribution in [1.82, 2.24) is 4.57 Å². The molecule has 1 aromatic carbocycles. The zero-order chi connectivity index (χ0) is 12.3. The van der Waals surface area contributed by atoms with Crippen molar-refractivity contribution in [3.8, 4) is 0 Å². The van der Waals surface area contributed by atoms with Gasteiger partial charge in [-0.2, -0.15) is 0 Å². The Bertz CT molecular complexity index is 506. The summed E-state index contributed by atoms with van der Waals surface area (Å²) in [5, 5.41) is 4.46. The third-order valence-corrected chi connectivity index (χ3v) is 3.33. The van der Waals surface area contributed by atoms with E-state index in [1.165, 1.54) is 5.56 Å². The van der Waals surface area contributed by atoms with Gasteiger partial charge in [0.25, 0.3) is 0 Å². The maximum atomic E-state index is 5.95. The highest BCUT2D eigenvalue weighted by Gasteiger charge is 2.00. The fourth-order valence-corrected chi connectivity index (χ4v) is 1.90. The van der Waals surface area contributed by atoms with E-state index in [1.54, 1.807) is 6.07 Å². The molecular formula is C13H14Cl2N2. The van der Waals surface area contributed by atoms with Gasteiger partial charge in [0.15, 0.2) is 0 Å². The number of hydrogen-bond donors (Lipinski definition) is 1. The summed E-state index contributed by atoms with van der Waals surface area (Å²) >= 11 is 11.8. The minimum absolute atomic E-state index is 0.572. The molecule has 0 amide bonds. The number of nitrogens with one attached hydrogen (secondary N) is 1. The highest BCUT2D eigenvalue weighted by Crippen LogP contribution is 2.25. The Balaban J connectivity index is 1.99. The number of nitrogens with zero attached hydrogens (tertiary/aromatic N) is 1. The SMILES string of the molecule is CCn1ccc(CNc2ccc(Cl)c(Cl)c2)c1. The van der Waals surface area contributed by atoms with Crippen molar-refractivity contribution < 1.29 is 0 Å². The second-order valence-corrected chi connectivity index (χ2v) is 4.65. The van der Waals surface area contributed by atoms with Crippen LogP contribution >= 0.6 is 23.2 Å². The van der Waals surface area contributed by atoms with Crippen LogP contribution < -0.4 is 5.32 Å². The summed E-state index contributed by atoms with van der Waals surface area (Å²) in [5.74, 6) is 0. The fourth-order valence-electron chi connectivity index (χ4n) is 1.60. The molecule has 1 N–H and O–H groups in total. The molecule has 0 saturated carbocycles. The predicted octanol–water partition coefficient (Wildman–Crippen LogP) is 4.43. The second kappa shape index (κ2) is 5.48. The third kappa shape index (κ3) is 3.18. The van der Waals surface area contributed by atoms with Gasteiger partial charge in [-0.1, -0.05) is 23.2 Å². The second-order valence-electron chi connectivity index (χ2n) is 3.83. The molecule has 1 aromatic heterocycles. The summed E-state index contributed by atoms with van der Waals surface area (Å²) in [6.07, 6.45) is 4.20. The van der Waals surface area contributed by atoms with Crippen molar-refractivity contribution in [2.75, 3.05) is 5.32 Å². The molecule has 2 aromatic rings. The zero-order valence-electron chi connectivity index (χ0n) is 9.58. The van der Waals surface area contributed by atoms with Crippen LogP contribution in [-0.4, -0.2) is 4.57 Å². The summed E-state index contributed by atoms with van der Waals surface area (Å²) in [4.78, 5) is 0. The Morgan fingerprint density at radius 3 is 2.65 bits per heavy atom. The Labute approximate surface area is 111 Å². The summed E-state index contributed by atoms with van der Waals surface area (Å²) < 4.78 is 2.14. The van der Waals surface area contributed by atoms with Crippen LogP contribution in [-0.2, 0) is 13.1 Å². The van der Waals surface area contributed by atoms with Crippen LogP contribution in [0.2, 0.25) is 10.0 Å². The molecule has 0 atom stereocenters. The van der Waals surface area contributed by atoms with Crippen LogP contribution in [0.25, 0.3) is 0 Å². The highest BCUT2D eigenvalue weighted by molar-refractivity contribution is 6.42. The van der Waals surface area contributed by atoms with Crippen molar-refractivity contribution in [3.63, 3.8) is 0 Å². The normalized spacial score (nSPS) is 10.5. The Kier molecular flexibility index (Phi) is 3.97. The van der Waals surface area contributed by atoms with E-state index in [0.717, 1.165) is 18.8 Å². The van der Waals surface area contributed by atoms with Crippen molar-refractivity contribution in [1.29, 1.82) is 0 Å². The summed E-state index contributed by atoms with van der Waals surface area (Å²) in [6.45, 7) is 3.90. The molecule has 0 saturated heterocycles. The Morgan fingerprint density at radius 2 is 2.00 bits per heavy atom. The molecule has 2 rings (SSSR count). The van der Waals surface area contributed by atoms with Crippen molar-refractivity contribution in [2.45, 2.75) is 20.0 Å². The van der Waals surface area contributed by atoms with Gasteiger partial charge in [-0.15, -0.1) is 0 Å². The molecule has 0 aliphatic rings. The summed E-state index contributed by atoms with van der Waals surface area (Å²) in [7, 11) is 0. The molecule has 1 heterocycles. The molecule has 0 aliphatic carbocycles. The highest BCUT2D eigenvalue weighted by atomic mass is 35.5. The number of aromatic nitrogens is 1. The van der Waals surface area contributed by atoms with Crippen LogP contribution in [0.3, 0.4) is 0 Å². The molecule has 17 heavy (non-hydrogen) atoms. The predicted molar refractivity (Wildman–Crippen MR) is 73.9 cm³/mol. The number of aryl methyl sites for hydroxylation is 1. The monoisotopic (exact) mass is 268 g/mol. The largest absolute Gasteiger partial charge is 0.381 e. The molecule has 0 spiro atoms. The van der Waals surface area contributed by atoms with Gasteiger partial charge in [0, 0.05) is 31.2 Å². The van der Waals surface area contributed by atoms with E-state index >= 15 is 0 Å². The maximum Gasteiger partial charge on any atom is 0.0612 e. The van der Waals surface area contributed by atoms with Gasteiger partial charge in [-0.25, -0.2) is 0 Å². The topological polar surface area (TPSA) is 17.0 Å². The lowest BCUT2D eigenvalue weighted by Gasteiger charge is -2.06. The Morgan fingerprint density at radius 1 is 1.18 bits per heavy atom. The molecule has 0 fully saturated rings. The molecular weight excluding hydrogens is 255 g/mol. The quantitative estimate of drug-likeness (QED) is 0.868. The van der Waals surface area contributed by atoms with E-state index in [0.29, 0.717) is 10.0 Å². The van der Waals surface area contributed by atoms with Crippen LogP contribution in [0.15, 0.2) is 36.7 Å². The lowest BCUT2D eigenvalue weighted by atomic mass is 10.3. The lowest BCUT2D eigenvalue weighted by Crippen LogP contribution is -1.98. The first-order valence-corrected chi connectivity index (χ1v) is 6.28. The number of anilines is 1. The number of hydrogen-bond acceptors (Lipinski definition) is 1. The van der Waals surface area contributed by atoms with E-state index in [9.17, 15) is 0 Å². The van der Waals surface area contributed by atoms with E-state index < -0.39 is 0 Å². The summed E-state index contributed by atoms with van der Waals surface area (Å²) in [5.41, 5.74) is 2.22. The van der Waals surface area contributed by atoms with Gasteiger partial charge in [0.05, 0.1) is 10.0 Å². The zero-order valence-corrected chi connectivity index (χ0v) is 11.1. The van der Waals surface area contributed by atoms with E-state index in [2.05, 4.69) is 35.3 Å². The number of rotatable bonds is 4. The standard InChI is InChI=1S/C13H14Cl2N2/c1-2-17-6-5-10(9-17)8-16-11-3-4-12(14)13(15)7-11/h3-7,9,16H,2,8H2,1H3. The average molecular weight is 269 g/mol. The Hall–Kier alpha value is -1.12. The van der Waals surface area contributed by atoms with Gasteiger partial charge in [-0.05, 0) is 36.8 Å². The van der Waals surface area contributed by atoms with E-state index in [1.807, 2.05) is 12.1 Å². The van der Waals surface area contributed by atoms with E-state index in [-0.39, 0.29) is 0 Å². The van der Waals surface area contributed by atoms with E-state index in [4.69, 9.17) is 23.2 Å². The number of halogens is 2. The lowest BCUT2D eigenvalue weighted by molar-refractivity contribution is 0.766.